The molecule has 5 nitrogen and oxygen atoms in total. The molecule has 1 fully saturated rings. The van der Waals surface area contributed by atoms with Gasteiger partial charge >= 0.3 is 0 Å². The van der Waals surface area contributed by atoms with Gasteiger partial charge in [0.2, 0.25) is 0 Å². The lowest BCUT2D eigenvalue weighted by molar-refractivity contribution is 0.00847. The topological polar surface area (TPSA) is 48.3 Å². The highest BCUT2D eigenvalue weighted by Crippen LogP contribution is 2.31. The first-order valence-electron chi connectivity index (χ1n) is 8.07. The Hall–Kier alpha value is -1.07. The fraction of sp³-hybridized carbons (Fsp3) is 0.812. The Bertz CT molecular complexity index is 425. The van der Waals surface area contributed by atoms with Gasteiger partial charge in [-0.25, -0.2) is 0 Å². The van der Waals surface area contributed by atoms with Gasteiger partial charge in [0.1, 0.15) is 0 Å². The van der Waals surface area contributed by atoms with E-state index in [1.165, 1.54) is 19.3 Å². The lowest BCUT2D eigenvalue weighted by Gasteiger charge is -2.26. The third-order valence-electron chi connectivity index (χ3n) is 4.24. The number of nitrogens with zero attached hydrogens (tertiary/aromatic N) is 2. The van der Waals surface area contributed by atoms with Crippen molar-refractivity contribution in [2.75, 3.05) is 20.8 Å². The van der Waals surface area contributed by atoms with E-state index < -0.39 is 0 Å². The summed E-state index contributed by atoms with van der Waals surface area (Å²) >= 11 is 0. The standard InChI is InChI=1S/C16H29N3O2/c1-12(2)19-16(15(20-4)11-18-19)14(17-3)9-8-13-7-5-6-10-21-13/h11-14,17H,5-10H2,1-4H3. The number of ether oxygens (including phenoxy) is 2. The highest BCUT2D eigenvalue weighted by Gasteiger charge is 2.24. The van der Waals surface area contributed by atoms with Crippen LogP contribution in [-0.2, 0) is 4.74 Å². The molecule has 21 heavy (non-hydrogen) atoms. The summed E-state index contributed by atoms with van der Waals surface area (Å²) in [5.41, 5.74) is 1.14. The minimum atomic E-state index is 0.246. The summed E-state index contributed by atoms with van der Waals surface area (Å²) in [5, 5.41) is 7.89. The molecule has 5 heteroatoms. The number of hydrogen-bond donors (Lipinski definition) is 1. The van der Waals surface area contributed by atoms with Gasteiger partial charge in [-0.05, 0) is 53.0 Å². The van der Waals surface area contributed by atoms with Crippen LogP contribution in [0.4, 0.5) is 0 Å². The molecule has 0 spiro atoms. The molecule has 2 heterocycles. The van der Waals surface area contributed by atoms with Crippen LogP contribution < -0.4 is 10.1 Å². The fourth-order valence-electron chi connectivity index (χ4n) is 3.06. The van der Waals surface area contributed by atoms with Crippen molar-refractivity contribution >= 4 is 0 Å². The van der Waals surface area contributed by atoms with Crippen LogP contribution in [0.15, 0.2) is 6.20 Å². The molecule has 0 aliphatic carbocycles. The van der Waals surface area contributed by atoms with E-state index >= 15 is 0 Å². The molecule has 0 aromatic carbocycles. The van der Waals surface area contributed by atoms with E-state index in [4.69, 9.17) is 9.47 Å². The van der Waals surface area contributed by atoms with Crippen LogP contribution in [0.1, 0.15) is 63.7 Å². The van der Waals surface area contributed by atoms with Crippen molar-refractivity contribution < 1.29 is 9.47 Å². The van der Waals surface area contributed by atoms with E-state index in [2.05, 4.69) is 28.9 Å². The summed E-state index contributed by atoms with van der Waals surface area (Å²) in [5.74, 6) is 0.868. The van der Waals surface area contributed by atoms with Crippen LogP contribution in [0.3, 0.4) is 0 Å². The van der Waals surface area contributed by atoms with Crippen molar-refractivity contribution in [2.24, 2.45) is 0 Å². The number of aromatic nitrogens is 2. The second kappa shape index (κ2) is 7.80. The molecule has 0 amide bonds. The van der Waals surface area contributed by atoms with Crippen LogP contribution in [0.2, 0.25) is 0 Å². The zero-order valence-corrected chi connectivity index (χ0v) is 13.8. The van der Waals surface area contributed by atoms with Crippen LogP contribution >= 0.6 is 0 Å². The van der Waals surface area contributed by atoms with Crippen molar-refractivity contribution in [3.05, 3.63) is 11.9 Å². The zero-order chi connectivity index (χ0) is 15.2. The predicted molar refractivity (Wildman–Crippen MR) is 83.8 cm³/mol. The molecule has 2 unspecified atom stereocenters. The summed E-state index contributed by atoms with van der Waals surface area (Å²) in [4.78, 5) is 0. The van der Waals surface area contributed by atoms with Crippen molar-refractivity contribution in [1.82, 2.24) is 15.1 Å². The van der Waals surface area contributed by atoms with Crippen molar-refractivity contribution in [2.45, 2.75) is 64.1 Å². The maximum Gasteiger partial charge on any atom is 0.161 e. The van der Waals surface area contributed by atoms with Crippen LogP contribution in [0.5, 0.6) is 5.75 Å². The van der Waals surface area contributed by atoms with E-state index in [0.717, 1.165) is 30.9 Å². The Morgan fingerprint density at radius 1 is 1.48 bits per heavy atom. The Morgan fingerprint density at radius 2 is 2.29 bits per heavy atom. The average Bonchev–Trinajstić information content (AvgIpc) is 2.93. The highest BCUT2D eigenvalue weighted by molar-refractivity contribution is 5.28. The molecule has 0 radical (unpaired) electrons. The first-order valence-corrected chi connectivity index (χ1v) is 8.07. The van der Waals surface area contributed by atoms with Gasteiger partial charge in [0, 0.05) is 12.6 Å². The molecule has 2 rings (SSSR count). The Labute approximate surface area is 128 Å². The molecule has 1 N–H and O–H groups in total. The number of methoxy groups -OCH3 is 1. The maximum absolute atomic E-state index is 5.84. The number of hydrogen-bond acceptors (Lipinski definition) is 4. The Balaban J connectivity index is 2.07. The van der Waals surface area contributed by atoms with Gasteiger partial charge in [0.05, 0.1) is 31.1 Å². The third-order valence-corrected chi connectivity index (χ3v) is 4.24. The average molecular weight is 295 g/mol. The molecule has 1 aromatic heterocycles. The molecule has 0 saturated carbocycles. The van der Waals surface area contributed by atoms with E-state index in [1.807, 2.05) is 13.2 Å². The lowest BCUT2D eigenvalue weighted by Crippen LogP contribution is -2.25. The predicted octanol–water partition coefficient (Wildman–Crippen LogP) is 3.08. The second-order valence-electron chi connectivity index (χ2n) is 6.04. The van der Waals surface area contributed by atoms with Crippen molar-refractivity contribution in [1.29, 1.82) is 0 Å². The van der Waals surface area contributed by atoms with Gasteiger partial charge in [-0.2, -0.15) is 5.10 Å². The summed E-state index contributed by atoms with van der Waals surface area (Å²) in [6, 6.07) is 0.570. The first kappa shape index (κ1) is 16.3. The van der Waals surface area contributed by atoms with Crippen molar-refractivity contribution in [3.8, 4) is 5.75 Å². The molecule has 120 valence electrons. The highest BCUT2D eigenvalue weighted by atomic mass is 16.5. The SMILES string of the molecule is CNC(CCC1CCCCO1)c1c(OC)cnn1C(C)C. The van der Waals surface area contributed by atoms with Gasteiger partial charge in [-0.1, -0.05) is 0 Å². The van der Waals surface area contributed by atoms with Gasteiger partial charge in [0.15, 0.2) is 5.75 Å². The second-order valence-corrected chi connectivity index (χ2v) is 6.04. The van der Waals surface area contributed by atoms with Crippen LogP contribution in [0, 0.1) is 0 Å². The smallest absolute Gasteiger partial charge is 0.161 e. The minimum absolute atomic E-state index is 0.246. The maximum atomic E-state index is 5.84. The van der Waals surface area contributed by atoms with E-state index in [0.29, 0.717) is 12.1 Å². The monoisotopic (exact) mass is 295 g/mol. The van der Waals surface area contributed by atoms with Crippen molar-refractivity contribution in [3.63, 3.8) is 0 Å². The van der Waals surface area contributed by atoms with E-state index in [1.54, 1.807) is 7.11 Å². The zero-order valence-electron chi connectivity index (χ0n) is 13.8. The molecule has 1 saturated heterocycles. The molecule has 1 aliphatic heterocycles. The summed E-state index contributed by atoms with van der Waals surface area (Å²) in [7, 11) is 3.71. The number of rotatable bonds is 7. The minimum Gasteiger partial charge on any atom is -0.493 e. The third kappa shape index (κ3) is 3.98. The Morgan fingerprint density at radius 3 is 2.86 bits per heavy atom. The van der Waals surface area contributed by atoms with Crippen LogP contribution in [-0.4, -0.2) is 36.6 Å². The molecule has 0 bridgehead atoms. The van der Waals surface area contributed by atoms with E-state index in [-0.39, 0.29) is 6.04 Å². The van der Waals surface area contributed by atoms with Gasteiger partial charge in [-0.15, -0.1) is 0 Å². The summed E-state index contributed by atoms with van der Waals surface area (Å²) in [6.45, 7) is 5.21. The Kier molecular flexibility index (Phi) is 6.06. The van der Waals surface area contributed by atoms with Crippen LogP contribution in [0.25, 0.3) is 0 Å². The quantitative estimate of drug-likeness (QED) is 0.840. The molecule has 1 aromatic rings. The van der Waals surface area contributed by atoms with E-state index in [9.17, 15) is 0 Å². The molecule has 2 atom stereocenters. The van der Waals surface area contributed by atoms with Gasteiger partial charge < -0.3 is 14.8 Å². The summed E-state index contributed by atoms with van der Waals surface area (Å²) < 4.78 is 13.4. The first-order chi connectivity index (χ1) is 10.2. The lowest BCUT2D eigenvalue weighted by atomic mass is 9.99. The molecular weight excluding hydrogens is 266 g/mol. The largest absolute Gasteiger partial charge is 0.493 e. The normalized spacial score (nSPS) is 20.7. The van der Waals surface area contributed by atoms with Gasteiger partial charge in [-0.3, -0.25) is 4.68 Å². The fourth-order valence-corrected chi connectivity index (χ4v) is 3.06. The van der Waals surface area contributed by atoms with Gasteiger partial charge in [0.25, 0.3) is 0 Å². The number of nitrogens with one attached hydrogen (secondary N) is 1. The molecule has 1 aliphatic rings. The molecular formula is C16H29N3O2. The summed E-state index contributed by atoms with van der Waals surface area (Å²) in [6.07, 6.45) is 8.04.